The van der Waals surface area contributed by atoms with Crippen LogP contribution in [0.3, 0.4) is 0 Å². The Labute approximate surface area is 151 Å². The number of anilines is 1. The maximum absolute atomic E-state index is 12.9. The average Bonchev–Trinajstić information content (AvgIpc) is 3.10. The van der Waals surface area contributed by atoms with Gasteiger partial charge in [0.05, 0.1) is 17.7 Å². The van der Waals surface area contributed by atoms with E-state index in [0.717, 1.165) is 11.1 Å². The number of hydroxylamine groups is 1. The fraction of sp³-hybridized carbons (Fsp3) is 0.167. The van der Waals surface area contributed by atoms with Crippen LogP contribution in [0.25, 0.3) is 6.08 Å². The van der Waals surface area contributed by atoms with E-state index in [4.69, 9.17) is 9.94 Å². The Balaban J connectivity index is 1.88. The minimum Gasteiger partial charge on any atom is -0.497 e. The number of ether oxygens (including phenoxy) is 1. The second kappa shape index (κ2) is 7.19. The molecule has 1 amide bonds. The molecule has 2 N–H and O–H groups in total. The van der Waals surface area contributed by atoms with Crippen LogP contribution in [-0.2, 0) is 21.2 Å². The summed E-state index contributed by atoms with van der Waals surface area (Å²) < 4.78 is 32.3. The summed E-state index contributed by atoms with van der Waals surface area (Å²) in [7, 11) is -2.13. The van der Waals surface area contributed by atoms with Gasteiger partial charge in [0.25, 0.3) is 15.9 Å². The summed E-state index contributed by atoms with van der Waals surface area (Å²) >= 11 is 0. The molecular formula is C18H18N2O5S. The molecule has 1 aliphatic heterocycles. The van der Waals surface area contributed by atoms with Crippen molar-refractivity contribution in [3.05, 3.63) is 59.7 Å². The molecule has 0 fully saturated rings. The number of carbonyl (C=O) groups excluding carboxylic acids is 1. The van der Waals surface area contributed by atoms with Crippen LogP contribution in [0.5, 0.6) is 5.75 Å². The Morgan fingerprint density at radius 1 is 1.23 bits per heavy atom. The minimum absolute atomic E-state index is 0.203. The second-order valence-electron chi connectivity index (χ2n) is 5.70. The molecular weight excluding hydrogens is 356 g/mol. The molecule has 2 aromatic carbocycles. The third kappa shape index (κ3) is 3.42. The van der Waals surface area contributed by atoms with Crippen molar-refractivity contribution in [3.8, 4) is 5.75 Å². The number of hydrogen-bond acceptors (Lipinski definition) is 5. The van der Waals surface area contributed by atoms with Gasteiger partial charge in [0.2, 0.25) is 0 Å². The lowest BCUT2D eigenvalue weighted by atomic mass is 10.1. The Kier molecular flexibility index (Phi) is 4.97. The fourth-order valence-corrected chi connectivity index (χ4v) is 4.33. The molecule has 3 rings (SSSR count). The first-order chi connectivity index (χ1) is 12.5. The molecule has 136 valence electrons. The van der Waals surface area contributed by atoms with Crippen LogP contribution in [0.1, 0.15) is 11.1 Å². The molecule has 2 aromatic rings. The molecule has 0 atom stereocenters. The lowest BCUT2D eigenvalue weighted by molar-refractivity contribution is -0.124. The van der Waals surface area contributed by atoms with E-state index in [-0.39, 0.29) is 4.90 Å². The summed E-state index contributed by atoms with van der Waals surface area (Å²) in [4.78, 5) is 11.3. The molecule has 0 unspecified atom stereocenters. The summed E-state index contributed by atoms with van der Waals surface area (Å²) in [6.45, 7) is 0.355. The van der Waals surface area contributed by atoms with E-state index in [9.17, 15) is 13.2 Å². The zero-order valence-corrected chi connectivity index (χ0v) is 14.9. The van der Waals surface area contributed by atoms with Crippen molar-refractivity contribution in [1.29, 1.82) is 0 Å². The number of amides is 1. The summed E-state index contributed by atoms with van der Waals surface area (Å²) in [5, 5.41) is 8.50. The van der Waals surface area contributed by atoms with Crippen LogP contribution < -0.4 is 14.5 Å². The van der Waals surface area contributed by atoms with Crippen LogP contribution in [-0.4, -0.2) is 33.2 Å². The third-order valence-corrected chi connectivity index (χ3v) is 5.97. The van der Waals surface area contributed by atoms with E-state index in [0.29, 0.717) is 24.4 Å². The van der Waals surface area contributed by atoms with Gasteiger partial charge in [-0.05, 0) is 60.0 Å². The molecule has 1 heterocycles. The first kappa shape index (κ1) is 18.0. The maximum Gasteiger partial charge on any atom is 0.267 e. The summed E-state index contributed by atoms with van der Waals surface area (Å²) in [5.74, 6) is -0.0386. The van der Waals surface area contributed by atoms with Crippen LogP contribution in [0.4, 0.5) is 5.69 Å². The Morgan fingerprint density at radius 3 is 2.62 bits per heavy atom. The average molecular weight is 374 g/mol. The molecule has 0 saturated heterocycles. The van der Waals surface area contributed by atoms with E-state index in [2.05, 4.69) is 0 Å². The predicted molar refractivity (Wildman–Crippen MR) is 96.6 cm³/mol. The molecule has 0 aliphatic carbocycles. The zero-order valence-electron chi connectivity index (χ0n) is 14.0. The number of benzene rings is 2. The Hall–Kier alpha value is -2.84. The molecule has 0 spiro atoms. The quantitative estimate of drug-likeness (QED) is 0.474. The Morgan fingerprint density at radius 2 is 1.96 bits per heavy atom. The summed E-state index contributed by atoms with van der Waals surface area (Å²) in [5.41, 5.74) is 3.78. The lowest BCUT2D eigenvalue weighted by Gasteiger charge is -2.19. The highest BCUT2D eigenvalue weighted by molar-refractivity contribution is 7.92. The van der Waals surface area contributed by atoms with Crippen molar-refractivity contribution in [2.75, 3.05) is 18.0 Å². The van der Waals surface area contributed by atoms with Crippen molar-refractivity contribution in [2.45, 2.75) is 11.3 Å². The first-order valence-electron chi connectivity index (χ1n) is 7.87. The van der Waals surface area contributed by atoms with Gasteiger partial charge in [0, 0.05) is 12.6 Å². The largest absolute Gasteiger partial charge is 0.497 e. The molecule has 1 aliphatic rings. The highest BCUT2D eigenvalue weighted by Crippen LogP contribution is 2.34. The first-order valence-corrected chi connectivity index (χ1v) is 9.31. The number of sulfonamides is 1. The molecule has 0 saturated carbocycles. The molecule has 0 radical (unpaired) electrons. The number of nitrogens with zero attached hydrogens (tertiary/aromatic N) is 1. The molecule has 0 aromatic heterocycles. The van der Waals surface area contributed by atoms with Gasteiger partial charge in [-0.15, -0.1) is 0 Å². The van der Waals surface area contributed by atoms with Crippen molar-refractivity contribution in [2.24, 2.45) is 0 Å². The standard InChI is InChI=1S/C18H18N2O5S/c1-25-15-4-6-16(7-5-15)26(23,24)20-11-10-14-12-13(2-8-17(14)20)3-9-18(21)19-22/h2-9,12,22H,10-11H2,1H3,(H,19,21)/b9-3-. The van der Waals surface area contributed by atoms with E-state index in [1.165, 1.54) is 35.1 Å². The van der Waals surface area contributed by atoms with Gasteiger partial charge in [-0.1, -0.05) is 6.07 Å². The third-order valence-electron chi connectivity index (χ3n) is 4.14. The number of carbonyl (C=O) groups is 1. The summed E-state index contributed by atoms with van der Waals surface area (Å²) in [6, 6.07) is 11.6. The SMILES string of the molecule is COc1ccc(S(=O)(=O)N2CCc3cc(/C=C\C(=O)NO)ccc32)cc1. The number of hydrogen-bond donors (Lipinski definition) is 2. The van der Waals surface area contributed by atoms with Crippen LogP contribution in [0.15, 0.2) is 53.4 Å². The predicted octanol–water partition coefficient (Wildman–Crippen LogP) is 1.97. The van der Waals surface area contributed by atoms with Crippen LogP contribution >= 0.6 is 0 Å². The highest BCUT2D eigenvalue weighted by atomic mass is 32.2. The zero-order chi connectivity index (χ0) is 18.7. The maximum atomic E-state index is 12.9. The second-order valence-corrected chi connectivity index (χ2v) is 7.56. The lowest BCUT2D eigenvalue weighted by Crippen LogP contribution is -2.29. The fourth-order valence-electron chi connectivity index (χ4n) is 2.83. The smallest absolute Gasteiger partial charge is 0.267 e. The molecule has 8 heteroatoms. The van der Waals surface area contributed by atoms with Gasteiger partial charge in [-0.2, -0.15) is 0 Å². The monoisotopic (exact) mass is 374 g/mol. The van der Waals surface area contributed by atoms with Crippen molar-refractivity contribution >= 4 is 27.7 Å². The van der Waals surface area contributed by atoms with Crippen molar-refractivity contribution in [3.63, 3.8) is 0 Å². The number of rotatable bonds is 5. The topological polar surface area (TPSA) is 95.9 Å². The van der Waals surface area contributed by atoms with Crippen molar-refractivity contribution in [1.82, 2.24) is 5.48 Å². The van der Waals surface area contributed by atoms with Crippen LogP contribution in [0, 0.1) is 0 Å². The minimum atomic E-state index is -3.66. The van der Waals surface area contributed by atoms with Gasteiger partial charge in [0.15, 0.2) is 0 Å². The van der Waals surface area contributed by atoms with Gasteiger partial charge in [0.1, 0.15) is 5.75 Å². The van der Waals surface area contributed by atoms with Gasteiger partial charge in [-0.3, -0.25) is 14.3 Å². The number of fused-ring (bicyclic) bond motifs is 1. The molecule has 7 nitrogen and oxygen atoms in total. The van der Waals surface area contributed by atoms with E-state index >= 15 is 0 Å². The summed E-state index contributed by atoms with van der Waals surface area (Å²) in [6.07, 6.45) is 3.33. The van der Waals surface area contributed by atoms with E-state index < -0.39 is 15.9 Å². The Bertz CT molecular complexity index is 952. The van der Waals surface area contributed by atoms with Crippen molar-refractivity contribution < 1.29 is 23.2 Å². The molecule has 0 bridgehead atoms. The van der Waals surface area contributed by atoms with Gasteiger partial charge >= 0.3 is 0 Å². The van der Waals surface area contributed by atoms with Gasteiger partial charge < -0.3 is 4.74 Å². The van der Waals surface area contributed by atoms with Gasteiger partial charge in [-0.25, -0.2) is 13.9 Å². The van der Waals surface area contributed by atoms with Crippen LogP contribution in [0.2, 0.25) is 0 Å². The van der Waals surface area contributed by atoms with E-state index in [1.54, 1.807) is 30.3 Å². The number of nitrogens with one attached hydrogen (secondary N) is 1. The normalized spacial score (nSPS) is 13.7. The molecule has 26 heavy (non-hydrogen) atoms. The van der Waals surface area contributed by atoms with E-state index in [1.807, 2.05) is 6.07 Å². The number of methoxy groups -OCH3 is 1. The highest BCUT2D eigenvalue weighted by Gasteiger charge is 2.30.